The monoisotopic (exact) mass is 545 g/mol. The van der Waals surface area contributed by atoms with Crippen LogP contribution in [0.1, 0.15) is 31.4 Å². The summed E-state index contributed by atoms with van der Waals surface area (Å²) in [6.45, 7) is 11.3. The average molecular weight is 546 g/mol. The lowest BCUT2D eigenvalue weighted by atomic mass is 10.0. The molecule has 0 amide bonds. The molecule has 0 fully saturated rings. The smallest absolute Gasteiger partial charge is 0.269 e. The molecule has 1 aliphatic rings. The van der Waals surface area contributed by atoms with E-state index in [-0.39, 0.29) is 5.70 Å². The highest BCUT2D eigenvalue weighted by atomic mass is 16.5. The maximum atomic E-state index is 9.26. The third-order valence-corrected chi connectivity index (χ3v) is 6.96. The fourth-order valence-corrected chi connectivity index (χ4v) is 4.95. The first-order valence-electron chi connectivity index (χ1n) is 14.0. The number of nitriles is 1. The fourth-order valence-electron chi connectivity index (χ4n) is 4.95. The van der Waals surface area contributed by atoms with Crippen LogP contribution in [0.15, 0.2) is 144 Å². The molecule has 4 heteroatoms. The van der Waals surface area contributed by atoms with Crippen molar-refractivity contribution in [2.75, 3.05) is 4.90 Å². The van der Waals surface area contributed by atoms with Crippen LogP contribution in [0.2, 0.25) is 0 Å². The molecule has 0 bridgehead atoms. The van der Waals surface area contributed by atoms with E-state index < -0.39 is 0 Å². The molecular weight excluding hydrogens is 514 g/mol. The van der Waals surface area contributed by atoms with Crippen LogP contribution in [0.4, 0.5) is 17.1 Å². The van der Waals surface area contributed by atoms with Gasteiger partial charge in [-0.1, -0.05) is 86.2 Å². The minimum absolute atomic E-state index is 0.0482. The summed E-state index contributed by atoms with van der Waals surface area (Å²) in [6.07, 6.45) is 9.43. The standard InChI is InChI=1S/C38H31N3O/c1-4-9-29-14-19-34(20-15-29)41(36-13-8-12-32(25-36)31-10-6-5-7-11-31)35-21-16-30(17-22-35)18-23-37-26-33(24-28(2)42-37)38(27-39)40-3/h5-8,10-26H,4,9H2,1-2H3/b23-18+,38-33-. The van der Waals surface area contributed by atoms with Crippen molar-refractivity contribution >= 4 is 23.1 Å². The van der Waals surface area contributed by atoms with Crippen LogP contribution >= 0.6 is 0 Å². The summed E-state index contributed by atoms with van der Waals surface area (Å²) in [5.74, 6) is 1.22. The van der Waals surface area contributed by atoms with Crippen molar-refractivity contribution in [1.82, 2.24) is 0 Å². The molecule has 1 heterocycles. The molecule has 0 radical (unpaired) electrons. The Kier molecular flexibility index (Phi) is 8.78. The summed E-state index contributed by atoms with van der Waals surface area (Å²) in [5, 5.41) is 9.26. The number of ether oxygens (including phenoxy) is 1. The van der Waals surface area contributed by atoms with Gasteiger partial charge in [-0.3, -0.25) is 0 Å². The lowest BCUT2D eigenvalue weighted by Gasteiger charge is -2.26. The Balaban J connectivity index is 1.47. The molecule has 5 rings (SSSR count). The van der Waals surface area contributed by atoms with Crippen LogP contribution in [0.5, 0.6) is 0 Å². The molecule has 4 aromatic carbocycles. The molecule has 0 spiro atoms. The Hall–Kier alpha value is -5.58. The Bertz CT molecular complexity index is 1750. The molecule has 4 aromatic rings. The van der Waals surface area contributed by atoms with Gasteiger partial charge in [-0.15, -0.1) is 0 Å². The molecule has 42 heavy (non-hydrogen) atoms. The number of anilines is 3. The zero-order valence-electron chi connectivity index (χ0n) is 23.8. The predicted octanol–water partition coefficient (Wildman–Crippen LogP) is 10.3. The van der Waals surface area contributed by atoms with Gasteiger partial charge in [0.1, 0.15) is 11.5 Å². The molecule has 4 nitrogen and oxygen atoms in total. The third kappa shape index (κ3) is 6.58. The number of hydrogen-bond acceptors (Lipinski definition) is 3. The highest BCUT2D eigenvalue weighted by Gasteiger charge is 2.14. The van der Waals surface area contributed by atoms with E-state index in [1.165, 1.54) is 11.1 Å². The minimum Gasteiger partial charge on any atom is -0.462 e. The highest BCUT2D eigenvalue weighted by molar-refractivity contribution is 5.80. The first kappa shape index (κ1) is 28.0. The second-order valence-corrected chi connectivity index (χ2v) is 10.0. The van der Waals surface area contributed by atoms with E-state index in [1.807, 2.05) is 31.2 Å². The molecule has 0 saturated heterocycles. The van der Waals surface area contributed by atoms with Crippen LogP contribution in [-0.4, -0.2) is 0 Å². The molecule has 0 saturated carbocycles. The van der Waals surface area contributed by atoms with Crippen LogP contribution in [0.3, 0.4) is 0 Å². The van der Waals surface area contributed by atoms with Gasteiger partial charge >= 0.3 is 0 Å². The van der Waals surface area contributed by atoms with Crippen molar-refractivity contribution in [3.63, 3.8) is 0 Å². The molecule has 1 aliphatic heterocycles. The number of rotatable bonds is 8. The third-order valence-electron chi connectivity index (χ3n) is 6.96. The van der Waals surface area contributed by atoms with Crippen molar-refractivity contribution in [2.24, 2.45) is 0 Å². The molecule has 0 N–H and O–H groups in total. The van der Waals surface area contributed by atoms with E-state index in [1.54, 1.807) is 12.2 Å². The largest absolute Gasteiger partial charge is 0.462 e. The fraction of sp³-hybridized carbons (Fsp3) is 0.105. The van der Waals surface area contributed by atoms with Gasteiger partial charge in [0.05, 0.1) is 12.6 Å². The molecule has 0 aromatic heterocycles. The normalized spacial score (nSPS) is 13.8. The highest BCUT2D eigenvalue weighted by Crippen LogP contribution is 2.37. The molecule has 0 aliphatic carbocycles. The van der Waals surface area contributed by atoms with Gasteiger partial charge in [0.15, 0.2) is 0 Å². The summed E-state index contributed by atoms with van der Waals surface area (Å²) >= 11 is 0. The summed E-state index contributed by atoms with van der Waals surface area (Å²) < 4.78 is 5.81. The SMILES string of the molecule is [C-]#[N+]/C(C#N)=C1/C=C(C)OC(/C=C/c2ccc(N(c3ccc(CCC)cc3)c3cccc(-c4ccccc4)c3)cc2)=C1. The molecule has 204 valence electrons. The van der Waals surface area contributed by atoms with Crippen LogP contribution in [0, 0.1) is 17.9 Å². The van der Waals surface area contributed by atoms with Crippen molar-refractivity contribution in [3.05, 3.63) is 167 Å². The topological polar surface area (TPSA) is 40.6 Å². The summed E-state index contributed by atoms with van der Waals surface area (Å²) in [7, 11) is 0. The summed E-state index contributed by atoms with van der Waals surface area (Å²) in [6, 6.07) is 38.2. The Labute approximate surface area is 248 Å². The number of aryl methyl sites for hydroxylation is 1. The van der Waals surface area contributed by atoms with E-state index in [0.29, 0.717) is 17.1 Å². The maximum Gasteiger partial charge on any atom is 0.269 e. The lowest BCUT2D eigenvalue weighted by molar-refractivity contribution is 0.318. The van der Waals surface area contributed by atoms with E-state index in [9.17, 15) is 5.26 Å². The van der Waals surface area contributed by atoms with E-state index >= 15 is 0 Å². The maximum absolute atomic E-state index is 9.26. The zero-order valence-corrected chi connectivity index (χ0v) is 23.8. The van der Waals surface area contributed by atoms with Gasteiger partial charge in [-0.05, 0) is 95.8 Å². The zero-order chi connectivity index (χ0) is 29.3. The van der Waals surface area contributed by atoms with E-state index in [0.717, 1.165) is 41.0 Å². The van der Waals surface area contributed by atoms with Crippen LogP contribution in [0.25, 0.3) is 22.0 Å². The van der Waals surface area contributed by atoms with Crippen LogP contribution < -0.4 is 4.90 Å². The number of nitrogens with zero attached hydrogens (tertiary/aromatic N) is 3. The molecular formula is C38H31N3O. The van der Waals surface area contributed by atoms with Gasteiger partial charge in [0.2, 0.25) is 0 Å². The van der Waals surface area contributed by atoms with Crippen LogP contribution in [-0.2, 0) is 11.2 Å². The van der Waals surface area contributed by atoms with E-state index in [2.05, 4.69) is 114 Å². The quantitative estimate of drug-likeness (QED) is 0.163. The van der Waals surface area contributed by atoms with Crippen molar-refractivity contribution < 1.29 is 4.74 Å². The average Bonchev–Trinajstić information content (AvgIpc) is 3.03. The second-order valence-electron chi connectivity index (χ2n) is 10.0. The van der Waals surface area contributed by atoms with Gasteiger partial charge in [0.25, 0.3) is 5.70 Å². The van der Waals surface area contributed by atoms with Gasteiger partial charge in [-0.2, -0.15) is 0 Å². The number of hydrogen-bond donors (Lipinski definition) is 0. The van der Waals surface area contributed by atoms with E-state index in [4.69, 9.17) is 11.3 Å². The summed E-state index contributed by atoms with van der Waals surface area (Å²) in [5.41, 5.74) is 8.51. The Morgan fingerprint density at radius 1 is 0.833 bits per heavy atom. The van der Waals surface area contributed by atoms with Gasteiger partial charge in [0, 0.05) is 17.1 Å². The summed E-state index contributed by atoms with van der Waals surface area (Å²) in [4.78, 5) is 5.60. The lowest BCUT2D eigenvalue weighted by Crippen LogP contribution is -2.10. The Morgan fingerprint density at radius 3 is 2.19 bits per heavy atom. The van der Waals surface area contributed by atoms with Crippen molar-refractivity contribution in [1.29, 1.82) is 5.26 Å². The molecule has 0 unspecified atom stereocenters. The Morgan fingerprint density at radius 2 is 1.52 bits per heavy atom. The van der Waals surface area contributed by atoms with Crippen molar-refractivity contribution in [3.8, 4) is 17.2 Å². The first-order chi connectivity index (χ1) is 20.6. The minimum atomic E-state index is 0.0482. The predicted molar refractivity (Wildman–Crippen MR) is 172 cm³/mol. The second kappa shape index (κ2) is 13.2. The number of benzene rings is 4. The first-order valence-corrected chi connectivity index (χ1v) is 14.0. The molecule has 0 atom stereocenters. The van der Waals surface area contributed by atoms with Crippen molar-refractivity contribution in [2.45, 2.75) is 26.7 Å². The van der Waals surface area contributed by atoms with Gasteiger partial charge < -0.3 is 9.64 Å². The number of allylic oxidation sites excluding steroid dienone is 6. The van der Waals surface area contributed by atoms with Gasteiger partial charge in [-0.25, -0.2) is 10.1 Å².